The van der Waals surface area contributed by atoms with Crippen LogP contribution in [0.3, 0.4) is 0 Å². The zero-order valence-corrected chi connectivity index (χ0v) is 18.8. The molecule has 0 aliphatic carbocycles. The Labute approximate surface area is 193 Å². The largest absolute Gasteiger partial charge is 0.454 e. The third-order valence-electron chi connectivity index (χ3n) is 6.84. The molecule has 4 heterocycles. The van der Waals surface area contributed by atoms with E-state index in [4.69, 9.17) is 26.1 Å². The summed E-state index contributed by atoms with van der Waals surface area (Å²) in [7, 11) is 0. The van der Waals surface area contributed by atoms with Gasteiger partial charge in [-0.3, -0.25) is 4.90 Å². The number of benzene rings is 2. The maximum absolute atomic E-state index is 6.35. The fraction of sp³-hybridized carbons (Fsp3) is 0.400. The number of piperazine rings is 1. The van der Waals surface area contributed by atoms with Crippen LogP contribution in [0.2, 0.25) is 5.02 Å². The lowest BCUT2D eigenvalue weighted by atomic mass is 10.1. The van der Waals surface area contributed by atoms with Gasteiger partial charge in [0.05, 0.1) is 5.52 Å². The zero-order valence-electron chi connectivity index (χ0n) is 18.0. The number of ether oxygens (including phenoxy) is 2. The van der Waals surface area contributed by atoms with Gasteiger partial charge in [-0.25, -0.2) is 4.98 Å². The van der Waals surface area contributed by atoms with E-state index in [0.717, 1.165) is 65.0 Å². The number of halogens is 1. The molecule has 6 rings (SSSR count). The topological polar surface area (TPSA) is 49.9 Å². The molecule has 1 aromatic heterocycles. The summed E-state index contributed by atoms with van der Waals surface area (Å²) in [5.41, 5.74) is 3.26. The Balaban J connectivity index is 1.31. The van der Waals surface area contributed by atoms with Crippen molar-refractivity contribution in [2.24, 2.45) is 0 Å². The van der Waals surface area contributed by atoms with Crippen LogP contribution in [-0.2, 0) is 13.1 Å². The minimum Gasteiger partial charge on any atom is -0.454 e. The van der Waals surface area contributed by atoms with Gasteiger partial charge < -0.3 is 19.7 Å². The van der Waals surface area contributed by atoms with Crippen LogP contribution < -0.4 is 19.7 Å². The summed E-state index contributed by atoms with van der Waals surface area (Å²) in [4.78, 5) is 10.2. The SMILES string of the molecule is Clc1ccccc1CNCc1cc2cc3c(cc2nc1N1CCN2CCC[C@H]2C1)OCO3. The Bertz CT molecular complexity index is 1150. The molecule has 7 heteroatoms. The van der Waals surface area contributed by atoms with Gasteiger partial charge in [0.1, 0.15) is 5.82 Å². The summed E-state index contributed by atoms with van der Waals surface area (Å²) in [6.07, 6.45) is 2.59. The molecule has 32 heavy (non-hydrogen) atoms. The third-order valence-corrected chi connectivity index (χ3v) is 7.21. The van der Waals surface area contributed by atoms with E-state index in [1.165, 1.54) is 24.9 Å². The van der Waals surface area contributed by atoms with Crippen molar-refractivity contribution < 1.29 is 9.47 Å². The van der Waals surface area contributed by atoms with Gasteiger partial charge in [0.15, 0.2) is 11.5 Å². The highest BCUT2D eigenvalue weighted by atomic mass is 35.5. The van der Waals surface area contributed by atoms with Crippen molar-refractivity contribution in [3.05, 3.63) is 58.6 Å². The lowest BCUT2D eigenvalue weighted by molar-refractivity contribution is 0.174. The van der Waals surface area contributed by atoms with E-state index in [-0.39, 0.29) is 6.79 Å². The third kappa shape index (κ3) is 3.76. The van der Waals surface area contributed by atoms with Gasteiger partial charge in [-0.15, -0.1) is 0 Å². The van der Waals surface area contributed by atoms with E-state index in [9.17, 15) is 0 Å². The predicted octanol–water partition coefficient (Wildman–Crippen LogP) is 4.19. The van der Waals surface area contributed by atoms with Gasteiger partial charge in [-0.2, -0.15) is 0 Å². The Hall–Kier alpha value is -2.54. The van der Waals surface area contributed by atoms with Crippen molar-refractivity contribution in [1.29, 1.82) is 0 Å². The first-order valence-corrected chi connectivity index (χ1v) is 11.8. The molecule has 0 saturated carbocycles. The van der Waals surface area contributed by atoms with Gasteiger partial charge in [0.25, 0.3) is 0 Å². The second-order valence-electron chi connectivity index (χ2n) is 8.84. The van der Waals surface area contributed by atoms with Crippen molar-refractivity contribution in [2.75, 3.05) is 37.9 Å². The first-order chi connectivity index (χ1) is 15.7. The Kier molecular flexibility index (Phi) is 5.29. The number of anilines is 1. The molecule has 2 saturated heterocycles. The average molecular weight is 451 g/mol. The molecule has 0 spiro atoms. The molecule has 6 nitrogen and oxygen atoms in total. The van der Waals surface area contributed by atoms with Gasteiger partial charge in [-0.05, 0) is 43.1 Å². The molecule has 166 valence electrons. The number of rotatable bonds is 5. The second kappa shape index (κ2) is 8.43. The normalized spacial score (nSPS) is 20.2. The molecule has 0 bridgehead atoms. The van der Waals surface area contributed by atoms with E-state index in [2.05, 4.69) is 27.2 Å². The standard InChI is InChI=1S/C25H27ClN4O2/c26-21-6-2-1-4-17(21)13-27-14-19-10-18-11-23-24(32-16-31-23)12-22(18)28-25(19)30-9-8-29-7-3-5-20(29)15-30/h1-2,4,6,10-12,20,27H,3,5,7-9,13-16H2/t20-/m0/s1. The molecule has 0 amide bonds. The molecule has 0 unspecified atom stereocenters. The van der Waals surface area contributed by atoms with E-state index < -0.39 is 0 Å². The molecular formula is C25H27ClN4O2. The fourth-order valence-electron chi connectivity index (χ4n) is 5.16. The number of fused-ring (bicyclic) bond motifs is 3. The highest BCUT2D eigenvalue weighted by Gasteiger charge is 2.32. The first kappa shape index (κ1) is 20.1. The van der Waals surface area contributed by atoms with Crippen molar-refractivity contribution >= 4 is 28.3 Å². The molecule has 3 aliphatic heterocycles. The van der Waals surface area contributed by atoms with Crippen molar-refractivity contribution in [3.63, 3.8) is 0 Å². The first-order valence-electron chi connectivity index (χ1n) is 11.4. The highest BCUT2D eigenvalue weighted by molar-refractivity contribution is 6.31. The van der Waals surface area contributed by atoms with Gasteiger partial charge in [0.2, 0.25) is 6.79 Å². The number of hydrogen-bond donors (Lipinski definition) is 1. The van der Waals surface area contributed by atoms with Crippen LogP contribution >= 0.6 is 11.6 Å². The monoisotopic (exact) mass is 450 g/mol. The summed E-state index contributed by atoms with van der Waals surface area (Å²) < 4.78 is 11.2. The van der Waals surface area contributed by atoms with Crippen LogP contribution in [0.1, 0.15) is 24.0 Å². The van der Waals surface area contributed by atoms with Crippen LogP contribution in [0, 0.1) is 0 Å². The molecule has 1 N–H and O–H groups in total. The smallest absolute Gasteiger partial charge is 0.231 e. The molecule has 2 fully saturated rings. The summed E-state index contributed by atoms with van der Waals surface area (Å²) in [6.45, 7) is 6.11. The minimum absolute atomic E-state index is 0.272. The summed E-state index contributed by atoms with van der Waals surface area (Å²) in [6, 6.07) is 14.9. The molecule has 3 aromatic rings. The number of aromatic nitrogens is 1. The maximum Gasteiger partial charge on any atom is 0.231 e. The summed E-state index contributed by atoms with van der Waals surface area (Å²) in [5, 5.41) is 5.45. The van der Waals surface area contributed by atoms with Crippen molar-refractivity contribution in [1.82, 2.24) is 15.2 Å². The number of pyridine rings is 1. The van der Waals surface area contributed by atoms with E-state index in [1.54, 1.807) is 0 Å². The Morgan fingerprint density at radius 3 is 2.75 bits per heavy atom. The Morgan fingerprint density at radius 2 is 1.84 bits per heavy atom. The van der Waals surface area contributed by atoms with Gasteiger partial charge in [-0.1, -0.05) is 29.8 Å². The van der Waals surface area contributed by atoms with Crippen LogP contribution in [0.4, 0.5) is 5.82 Å². The fourth-order valence-corrected chi connectivity index (χ4v) is 5.36. The summed E-state index contributed by atoms with van der Waals surface area (Å²) in [5.74, 6) is 2.65. The van der Waals surface area contributed by atoms with Crippen molar-refractivity contribution in [2.45, 2.75) is 32.0 Å². The second-order valence-corrected chi connectivity index (χ2v) is 9.25. The number of nitrogens with zero attached hydrogens (tertiary/aromatic N) is 3. The lowest BCUT2D eigenvalue weighted by Gasteiger charge is -2.39. The van der Waals surface area contributed by atoms with Gasteiger partial charge >= 0.3 is 0 Å². The molecule has 3 aliphatic rings. The number of nitrogens with one attached hydrogen (secondary N) is 1. The summed E-state index contributed by atoms with van der Waals surface area (Å²) >= 11 is 6.35. The average Bonchev–Trinajstić information content (AvgIpc) is 3.46. The Morgan fingerprint density at radius 1 is 1.00 bits per heavy atom. The van der Waals surface area contributed by atoms with Gasteiger partial charge in [0, 0.05) is 60.8 Å². The van der Waals surface area contributed by atoms with Crippen LogP contribution in [0.5, 0.6) is 11.5 Å². The zero-order chi connectivity index (χ0) is 21.5. The lowest BCUT2D eigenvalue weighted by Crippen LogP contribution is -2.50. The molecular weight excluding hydrogens is 424 g/mol. The van der Waals surface area contributed by atoms with Crippen LogP contribution in [-0.4, -0.2) is 48.9 Å². The van der Waals surface area contributed by atoms with Crippen LogP contribution in [0.15, 0.2) is 42.5 Å². The van der Waals surface area contributed by atoms with Crippen molar-refractivity contribution in [3.8, 4) is 11.5 Å². The quantitative estimate of drug-likeness (QED) is 0.629. The highest BCUT2D eigenvalue weighted by Crippen LogP contribution is 2.37. The maximum atomic E-state index is 6.35. The van der Waals surface area contributed by atoms with E-state index in [1.807, 2.05) is 30.3 Å². The van der Waals surface area contributed by atoms with Crippen LogP contribution in [0.25, 0.3) is 10.9 Å². The van der Waals surface area contributed by atoms with E-state index in [0.29, 0.717) is 12.6 Å². The molecule has 0 radical (unpaired) electrons. The number of hydrogen-bond acceptors (Lipinski definition) is 6. The minimum atomic E-state index is 0.272. The molecule has 1 atom stereocenters. The predicted molar refractivity (Wildman–Crippen MR) is 127 cm³/mol. The molecule has 2 aromatic carbocycles. The van der Waals surface area contributed by atoms with E-state index >= 15 is 0 Å².